The number of benzene rings is 2. The monoisotopic (exact) mass is 430 g/mol. The van der Waals surface area contributed by atoms with E-state index in [9.17, 15) is 9.59 Å². The molecule has 8 heteroatoms. The number of halogens is 2. The van der Waals surface area contributed by atoms with Gasteiger partial charge >= 0.3 is 0 Å². The zero-order valence-electron chi connectivity index (χ0n) is 15.7. The Balaban J connectivity index is 1.59. The average molecular weight is 431 g/mol. The van der Waals surface area contributed by atoms with Crippen LogP contribution in [0.3, 0.4) is 0 Å². The van der Waals surface area contributed by atoms with E-state index in [0.717, 1.165) is 11.1 Å². The van der Waals surface area contributed by atoms with Gasteiger partial charge in [0.25, 0.3) is 5.91 Å². The van der Waals surface area contributed by atoms with Crippen LogP contribution in [0, 0.1) is 0 Å². The third-order valence-corrected chi connectivity index (χ3v) is 5.22. The predicted molar refractivity (Wildman–Crippen MR) is 113 cm³/mol. The highest BCUT2D eigenvalue weighted by molar-refractivity contribution is 6.43. The smallest absolute Gasteiger partial charge is 0.253 e. The average Bonchev–Trinajstić information content (AvgIpc) is 3.22. The first kappa shape index (κ1) is 20.9. The van der Waals surface area contributed by atoms with E-state index in [2.05, 4.69) is 15.7 Å². The molecule has 3 aromatic rings. The summed E-state index contributed by atoms with van der Waals surface area (Å²) in [6.45, 7) is 2.56. The molecule has 0 fully saturated rings. The van der Waals surface area contributed by atoms with Gasteiger partial charge in [0.05, 0.1) is 22.2 Å². The third kappa shape index (κ3) is 5.37. The molecule has 0 aliphatic rings. The number of carbonyl (C=O) groups excluding carboxylic acids is 2. The van der Waals surface area contributed by atoms with Crippen LogP contribution in [0.4, 0.5) is 0 Å². The number of amides is 2. The van der Waals surface area contributed by atoms with Crippen molar-refractivity contribution in [3.8, 4) is 0 Å². The highest BCUT2D eigenvalue weighted by Crippen LogP contribution is 2.25. The van der Waals surface area contributed by atoms with Gasteiger partial charge in [0.15, 0.2) is 0 Å². The number of rotatable bonds is 7. The molecule has 2 N–H and O–H groups in total. The van der Waals surface area contributed by atoms with Crippen molar-refractivity contribution in [3.63, 3.8) is 0 Å². The number of nitrogens with zero attached hydrogens (tertiary/aromatic N) is 2. The summed E-state index contributed by atoms with van der Waals surface area (Å²) in [7, 11) is 0. The fraction of sp³-hybridized carbons (Fsp3) is 0.190. The number of nitrogens with one attached hydrogen (secondary N) is 2. The molecule has 1 aromatic heterocycles. The second kappa shape index (κ2) is 9.58. The number of aromatic nitrogens is 2. The van der Waals surface area contributed by atoms with E-state index in [1.807, 2.05) is 41.2 Å². The molecule has 2 amide bonds. The van der Waals surface area contributed by atoms with E-state index in [4.69, 9.17) is 23.2 Å². The second-order valence-corrected chi connectivity index (χ2v) is 7.27. The van der Waals surface area contributed by atoms with Gasteiger partial charge in [-0.2, -0.15) is 5.10 Å². The maximum Gasteiger partial charge on any atom is 0.253 e. The Bertz CT molecular complexity index is 1010. The second-order valence-electron chi connectivity index (χ2n) is 6.49. The summed E-state index contributed by atoms with van der Waals surface area (Å²) in [6.07, 6.45) is 3.61. The van der Waals surface area contributed by atoms with Crippen molar-refractivity contribution in [1.82, 2.24) is 20.4 Å². The van der Waals surface area contributed by atoms with Crippen molar-refractivity contribution in [2.45, 2.75) is 26.1 Å². The van der Waals surface area contributed by atoms with Crippen LogP contribution in [0.25, 0.3) is 0 Å². The summed E-state index contributed by atoms with van der Waals surface area (Å²) in [4.78, 5) is 24.9. The van der Waals surface area contributed by atoms with Crippen molar-refractivity contribution in [1.29, 1.82) is 0 Å². The van der Waals surface area contributed by atoms with Gasteiger partial charge in [0, 0.05) is 18.9 Å². The normalized spacial score (nSPS) is 11.7. The molecule has 0 aliphatic heterocycles. The highest BCUT2D eigenvalue weighted by atomic mass is 35.5. The van der Waals surface area contributed by atoms with E-state index < -0.39 is 11.9 Å². The van der Waals surface area contributed by atoms with Crippen molar-refractivity contribution in [3.05, 3.63) is 87.7 Å². The Labute approximate surface area is 178 Å². The van der Waals surface area contributed by atoms with Gasteiger partial charge in [-0.05, 0) is 36.2 Å². The minimum Gasteiger partial charge on any atom is -0.350 e. The summed E-state index contributed by atoms with van der Waals surface area (Å²) in [5.41, 5.74) is 2.26. The van der Waals surface area contributed by atoms with Crippen LogP contribution in [-0.2, 0) is 17.9 Å². The summed E-state index contributed by atoms with van der Waals surface area (Å²) in [5.74, 6) is -0.760. The standard InChI is InChI=1S/C21H20Cl2N4O2/c1-14(26-21(29)17-8-4-9-18(22)19(17)23)20(28)24-12-15-6-2-3-7-16(15)13-27-11-5-10-25-27/h2-11,14H,12-13H2,1H3,(H,24,28)(H,26,29). The Morgan fingerprint density at radius 1 is 1.07 bits per heavy atom. The molecule has 0 saturated carbocycles. The van der Waals surface area contributed by atoms with Crippen LogP contribution in [0.1, 0.15) is 28.4 Å². The molecular formula is C21H20Cl2N4O2. The molecule has 0 spiro atoms. The lowest BCUT2D eigenvalue weighted by atomic mass is 10.1. The lowest BCUT2D eigenvalue weighted by Gasteiger charge is -2.16. The van der Waals surface area contributed by atoms with Crippen molar-refractivity contribution < 1.29 is 9.59 Å². The molecule has 0 saturated heterocycles. The van der Waals surface area contributed by atoms with Gasteiger partial charge in [-0.1, -0.05) is 53.5 Å². The predicted octanol–water partition coefficient (Wildman–Crippen LogP) is 3.67. The maximum absolute atomic E-state index is 12.5. The van der Waals surface area contributed by atoms with Gasteiger partial charge in [-0.25, -0.2) is 0 Å². The van der Waals surface area contributed by atoms with Crippen LogP contribution in [0.15, 0.2) is 60.9 Å². The number of carbonyl (C=O) groups is 2. The Morgan fingerprint density at radius 2 is 1.83 bits per heavy atom. The lowest BCUT2D eigenvalue weighted by Crippen LogP contribution is -2.44. The largest absolute Gasteiger partial charge is 0.350 e. The van der Waals surface area contributed by atoms with Gasteiger partial charge < -0.3 is 10.6 Å². The van der Waals surface area contributed by atoms with Crippen LogP contribution in [0.5, 0.6) is 0 Å². The molecule has 6 nitrogen and oxygen atoms in total. The molecule has 150 valence electrons. The fourth-order valence-corrected chi connectivity index (χ4v) is 3.19. The number of hydrogen-bond acceptors (Lipinski definition) is 3. The Morgan fingerprint density at radius 3 is 2.55 bits per heavy atom. The van der Waals surface area contributed by atoms with Crippen LogP contribution in [-0.4, -0.2) is 27.6 Å². The Kier molecular flexibility index (Phi) is 6.90. The van der Waals surface area contributed by atoms with E-state index in [1.54, 1.807) is 31.3 Å². The molecule has 1 atom stereocenters. The van der Waals surface area contributed by atoms with Gasteiger partial charge in [0.2, 0.25) is 5.91 Å². The van der Waals surface area contributed by atoms with Crippen LogP contribution >= 0.6 is 23.2 Å². The SMILES string of the molecule is CC(NC(=O)c1cccc(Cl)c1Cl)C(=O)NCc1ccccc1Cn1cccn1. The zero-order chi connectivity index (χ0) is 20.8. The highest BCUT2D eigenvalue weighted by Gasteiger charge is 2.19. The molecular weight excluding hydrogens is 411 g/mol. The molecule has 1 heterocycles. The van der Waals surface area contributed by atoms with Gasteiger partial charge in [-0.15, -0.1) is 0 Å². The van der Waals surface area contributed by atoms with E-state index in [0.29, 0.717) is 13.1 Å². The van der Waals surface area contributed by atoms with E-state index in [1.165, 1.54) is 0 Å². The van der Waals surface area contributed by atoms with E-state index >= 15 is 0 Å². The topological polar surface area (TPSA) is 76.0 Å². The minimum absolute atomic E-state index is 0.159. The van der Waals surface area contributed by atoms with Gasteiger partial charge in [-0.3, -0.25) is 14.3 Å². The molecule has 0 bridgehead atoms. The summed E-state index contributed by atoms with van der Waals surface area (Å²) >= 11 is 12.0. The summed E-state index contributed by atoms with van der Waals surface area (Å²) in [5, 5.41) is 10.2. The maximum atomic E-state index is 12.5. The summed E-state index contributed by atoms with van der Waals surface area (Å²) in [6, 6.07) is 13.7. The number of hydrogen-bond donors (Lipinski definition) is 2. The first-order valence-corrected chi connectivity index (χ1v) is 9.78. The van der Waals surface area contributed by atoms with Gasteiger partial charge in [0.1, 0.15) is 6.04 Å². The van der Waals surface area contributed by atoms with Crippen LogP contribution < -0.4 is 10.6 Å². The first-order chi connectivity index (χ1) is 14.0. The summed E-state index contributed by atoms with van der Waals surface area (Å²) < 4.78 is 1.82. The fourth-order valence-electron chi connectivity index (χ4n) is 2.81. The van der Waals surface area contributed by atoms with Crippen molar-refractivity contribution >= 4 is 35.0 Å². The van der Waals surface area contributed by atoms with Crippen LogP contribution in [0.2, 0.25) is 10.0 Å². The molecule has 2 aromatic carbocycles. The zero-order valence-corrected chi connectivity index (χ0v) is 17.2. The minimum atomic E-state index is -0.740. The molecule has 3 rings (SSSR count). The van der Waals surface area contributed by atoms with E-state index in [-0.39, 0.29) is 21.5 Å². The Hall–Kier alpha value is -2.83. The molecule has 29 heavy (non-hydrogen) atoms. The van der Waals surface area contributed by atoms with Crippen molar-refractivity contribution in [2.75, 3.05) is 0 Å². The lowest BCUT2D eigenvalue weighted by molar-refractivity contribution is -0.122. The molecule has 0 radical (unpaired) electrons. The van der Waals surface area contributed by atoms with Crippen molar-refractivity contribution in [2.24, 2.45) is 0 Å². The third-order valence-electron chi connectivity index (χ3n) is 4.40. The molecule has 1 unspecified atom stereocenters. The first-order valence-electron chi connectivity index (χ1n) is 9.02. The quantitative estimate of drug-likeness (QED) is 0.600. The molecule has 0 aliphatic carbocycles.